The van der Waals surface area contributed by atoms with Gasteiger partial charge >= 0.3 is 5.97 Å². The van der Waals surface area contributed by atoms with Crippen LogP contribution in [0.25, 0.3) is 16.3 Å². The lowest BCUT2D eigenvalue weighted by Gasteiger charge is -1.97. The van der Waals surface area contributed by atoms with E-state index in [1.165, 1.54) is 17.8 Å². The second kappa shape index (κ2) is 7.59. The molecule has 4 rings (SSSR count). The maximum Gasteiger partial charge on any atom is 0.342 e. The second-order valence-electron chi connectivity index (χ2n) is 5.33. The van der Waals surface area contributed by atoms with E-state index in [1.807, 2.05) is 24.3 Å². The molecular weight excluding hydrogens is 404 g/mol. The van der Waals surface area contributed by atoms with Crippen molar-refractivity contribution in [3.63, 3.8) is 0 Å². The number of aromatic amines is 1. The molecule has 3 heterocycles. The first-order valence-corrected chi connectivity index (χ1v) is 10.2. The first-order valence-electron chi connectivity index (χ1n) is 7.72. The van der Waals surface area contributed by atoms with Crippen LogP contribution in [0.1, 0.15) is 11.6 Å². The minimum atomic E-state index is -1.07. The van der Waals surface area contributed by atoms with Crippen molar-refractivity contribution in [2.75, 3.05) is 0 Å². The van der Waals surface area contributed by atoms with E-state index in [0.717, 1.165) is 26.3 Å². The predicted molar refractivity (Wildman–Crippen MR) is 105 cm³/mol. The van der Waals surface area contributed by atoms with Crippen molar-refractivity contribution in [3.05, 3.63) is 52.9 Å². The van der Waals surface area contributed by atoms with Crippen molar-refractivity contribution in [1.82, 2.24) is 20.2 Å². The summed E-state index contributed by atoms with van der Waals surface area (Å²) < 4.78 is 7.71. The van der Waals surface area contributed by atoms with E-state index >= 15 is 0 Å². The van der Waals surface area contributed by atoms with Gasteiger partial charge in [-0.05, 0) is 54.7 Å². The van der Waals surface area contributed by atoms with Crippen LogP contribution in [0.5, 0.6) is 0 Å². The molecule has 0 saturated heterocycles. The molecule has 0 aliphatic rings. The van der Waals surface area contributed by atoms with Gasteiger partial charge in [-0.1, -0.05) is 12.1 Å². The summed E-state index contributed by atoms with van der Waals surface area (Å²) in [6.45, 7) is 1.75. The fraction of sp³-hybridized carbons (Fsp3) is 0.0588. The number of nitrogens with one attached hydrogen (secondary N) is 1. The van der Waals surface area contributed by atoms with E-state index in [-0.39, 0.29) is 4.91 Å². The van der Waals surface area contributed by atoms with Crippen molar-refractivity contribution in [1.29, 1.82) is 0 Å². The highest BCUT2D eigenvalue weighted by molar-refractivity contribution is 8.04. The fourth-order valence-corrected chi connectivity index (χ4v) is 4.88. The molecule has 0 aliphatic carbocycles. The van der Waals surface area contributed by atoms with E-state index in [4.69, 9.17) is 4.42 Å². The third kappa shape index (κ3) is 4.24. The lowest BCUT2D eigenvalue weighted by Crippen LogP contribution is -1.97. The largest absolute Gasteiger partial charge is 0.477 e. The number of benzene rings is 1. The van der Waals surface area contributed by atoms with Crippen LogP contribution in [-0.2, 0) is 4.79 Å². The summed E-state index contributed by atoms with van der Waals surface area (Å²) in [5.74, 6) is -0.00948. The van der Waals surface area contributed by atoms with Gasteiger partial charge in [0.05, 0.1) is 10.2 Å². The van der Waals surface area contributed by atoms with Crippen LogP contribution in [0.4, 0.5) is 0 Å². The minimum absolute atomic E-state index is 0.0693. The van der Waals surface area contributed by atoms with Gasteiger partial charge in [0, 0.05) is 6.08 Å². The number of H-pyrrole nitrogens is 1. The van der Waals surface area contributed by atoms with Gasteiger partial charge in [-0.3, -0.25) is 5.10 Å². The Hall–Kier alpha value is -2.56. The van der Waals surface area contributed by atoms with Crippen LogP contribution in [0, 0.1) is 6.92 Å². The van der Waals surface area contributed by atoms with Crippen LogP contribution in [0.2, 0.25) is 0 Å². The summed E-state index contributed by atoms with van der Waals surface area (Å²) in [7, 11) is 0. The number of carboxylic acids is 1. The molecular formula is C17H12N4O3S3. The molecule has 7 nitrogen and oxygen atoms in total. The molecule has 0 spiro atoms. The number of aryl methyl sites for hydroxylation is 1. The molecule has 2 N–H and O–H groups in total. The van der Waals surface area contributed by atoms with Crippen molar-refractivity contribution in [2.45, 2.75) is 21.5 Å². The number of fused-ring (bicyclic) bond motifs is 1. The average molecular weight is 417 g/mol. The van der Waals surface area contributed by atoms with E-state index in [1.54, 1.807) is 30.4 Å². The number of hydrogen-bond donors (Lipinski definition) is 2. The van der Waals surface area contributed by atoms with Crippen molar-refractivity contribution in [3.8, 4) is 0 Å². The van der Waals surface area contributed by atoms with E-state index in [9.17, 15) is 9.90 Å². The number of rotatable bonds is 6. The number of para-hydroxylation sites is 1. The molecule has 0 radical (unpaired) electrons. The number of nitrogens with zero attached hydrogens (tertiary/aromatic N) is 3. The number of thiazole rings is 1. The van der Waals surface area contributed by atoms with Crippen molar-refractivity contribution < 1.29 is 14.3 Å². The number of carbonyl (C=O) groups is 1. The lowest BCUT2D eigenvalue weighted by atomic mass is 10.3. The number of aromatic nitrogens is 4. The summed E-state index contributed by atoms with van der Waals surface area (Å²) >= 11 is 3.95. The molecule has 0 amide bonds. The molecule has 0 bridgehead atoms. The Kier molecular flexibility index (Phi) is 5.01. The van der Waals surface area contributed by atoms with Gasteiger partial charge in [0.15, 0.2) is 9.43 Å². The molecule has 3 aromatic heterocycles. The Labute approximate surface area is 165 Å². The third-order valence-electron chi connectivity index (χ3n) is 3.33. The summed E-state index contributed by atoms with van der Waals surface area (Å²) in [5.41, 5.74) is 0.947. The molecule has 10 heteroatoms. The zero-order valence-corrected chi connectivity index (χ0v) is 16.3. The van der Waals surface area contributed by atoms with Gasteiger partial charge in [0.2, 0.25) is 5.16 Å². The molecule has 0 unspecified atom stereocenters. The lowest BCUT2D eigenvalue weighted by molar-refractivity contribution is -0.131. The molecule has 0 atom stereocenters. The van der Waals surface area contributed by atoms with Gasteiger partial charge in [0.1, 0.15) is 16.5 Å². The number of aliphatic carboxylic acids is 1. The topological polar surface area (TPSA) is 105 Å². The molecule has 4 aromatic rings. The van der Waals surface area contributed by atoms with E-state index < -0.39 is 5.97 Å². The standard InChI is InChI=1S/C17H12N4O3S3/c1-9-18-16(21-20-9)25-13(15(22)23)8-10-6-7-14(24-10)27-17-19-11-4-2-3-5-12(11)26-17/h2-8H,1H3,(H,22,23)(H,18,20,21)/b13-8-. The van der Waals surface area contributed by atoms with Crippen LogP contribution < -0.4 is 0 Å². The van der Waals surface area contributed by atoms with Crippen LogP contribution >= 0.6 is 34.9 Å². The Morgan fingerprint density at radius 1 is 1.26 bits per heavy atom. The number of hydrogen-bond acceptors (Lipinski definition) is 8. The summed E-state index contributed by atoms with van der Waals surface area (Å²) in [4.78, 5) is 20.2. The van der Waals surface area contributed by atoms with E-state index in [2.05, 4.69) is 20.2 Å². The van der Waals surface area contributed by atoms with Gasteiger partial charge < -0.3 is 9.52 Å². The van der Waals surface area contributed by atoms with E-state index in [0.29, 0.717) is 21.8 Å². The molecule has 136 valence electrons. The zero-order chi connectivity index (χ0) is 18.8. The quantitative estimate of drug-likeness (QED) is 0.345. The van der Waals surface area contributed by atoms with Crippen molar-refractivity contribution in [2.24, 2.45) is 0 Å². The normalized spacial score (nSPS) is 12.0. The zero-order valence-electron chi connectivity index (χ0n) is 13.9. The Balaban J connectivity index is 1.53. The SMILES string of the molecule is Cc1nc(S/C(=C\c2ccc(Sc3nc4ccccc4s3)o2)C(=O)O)n[nH]1. The van der Waals surface area contributed by atoms with Crippen LogP contribution in [0.3, 0.4) is 0 Å². The third-order valence-corrected chi connectivity index (χ3v) is 6.22. The molecule has 1 aromatic carbocycles. The number of thioether (sulfide) groups is 1. The van der Waals surface area contributed by atoms with Crippen LogP contribution in [-0.4, -0.2) is 31.2 Å². The fourth-order valence-electron chi connectivity index (χ4n) is 2.18. The number of carboxylic acid groups (broad SMARTS) is 1. The summed E-state index contributed by atoms with van der Waals surface area (Å²) in [5, 5.41) is 17.0. The summed E-state index contributed by atoms with van der Waals surface area (Å²) in [6, 6.07) is 11.4. The predicted octanol–water partition coefficient (Wildman–Crippen LogP) is 4.68. The highest BCUT2D eigenvalue weighted by Gasteiger charge is 2.15. The number of furan rings is 1. The smallest absolute Gasteiger partial charge is 0.342 e. The summed E-state index contributed by atoms with van der Waals surface area (Å²) in [6.07, 6.45) is 1.46. The van der Waals surface area contributed by atoms with Gasteiger partial charge in [-0.15, -0.1) is 16.4 Å². The highest BCUT2D eigenvalue weighted by atomic mass is 32.2. The Bertz CT molecular complexity index is 1110. The Morgan fingerprint density at radius 3 is 2.85 bits per heavy atom. The Morgan fingerprint density at radius 2 is 2.11 bits per heavy atom. The minimum Gasteiger partial charge on any atom is -0.477 e. The van der Waals surface area contributed by atoms with Crippen molar-refractivity contribution >= 4 is 57.1 Å². The maximum atomic E-state index is 11.5. The average Bonchev–Trinajstić information content (AvgIpc) is 3.34. The molecule has 0 aliphatic heterocycles. The monoisotopic (exact) mass is 416 g/mol. The molecule has 0 fully saturated rings. The highest BCUT2D eigenvalue weighted by Crippen LogP contribution is 2.36. The first-order chi connectivity index (χ1) is 13.1. The second-order valence-corrected chi connectivity index (χ2v) is 8.62. The van der Waals surface area contributed by atoms with Crippen LogP contribution in [0.15, 0.2) is 60.3 Å². The molecule has 0 saturated carbocycles. The van der Waals surface area contributed by atoms with Gasteiger partial charge in [-0.25, -0.2) is 14.8 Å². The maximum absolute atomic E-state index is 11.5. The first kappa shape index (κ1) is 17.8. The van der Waals surface area contributed by atoms with Gasteiger partial charge in [-0.2, -0.15) is 0 Å². The molecule has 27 heavy (non-hydrogen) atoms. The van der Waals surface area contributed by atoms with Gasteiger partial charge in [0.25, 0.3) is 0 Å².